The number of hydrogen-bond acceptors (Lipinski definition) is 6. The van der Waals surface area contributed by atoms with Crippen molar-refractivity contribution in [1.82, 2.24) is 29.4 Å². The molecule has 1 saturated heterocycles. The molecule has 0 radical (unpaired) electrons. The van der Waals surface area contributed by atoms with Gasteiger partial charge < -0.3 is 10.2 Å². The second kappa shape index (κ2) is 6.88. The zero-order chi connectivity index (χ0) is 17.4. The van der Waals surface area contributed by atoms with Gasteiger partial charge in [-0.2, -0.15) is 0 Å². The highest BCUT2D eigenvalue weighted by Crippen LogP contribution is 2.39. The number of piperazine rings is 1. The molecule has 0 amide bonds. The van der Waals surface area contributed by atoms with Crippen LogP contribution in [0.4, 0.5) is 5.82 Å². The van der Waals surface area contributed by atoms with Gasteiger partial charge in [0, 0.05) is 57.1 Å². The summed E-state index contributed by atoms with van der Waals surface area (Å²) in [7, 11) is 2.20. The van der Waals surface area contributed by atoms with E-state index >= 15 is 0 Å². The average Bonchev–Trinajstić information content (AvgIpc) is 3.35. The van der Waals surface area contributed by atoms with E-state index in [1.807, 2.05) is 12.4 Å². The van der Waals surface area contributed by atoms with Crippen molar-refractivity contribution >= 4 is 11.5 Å². The van der Waals surface area contributed by atoms with Gasteiger partial charge in [-0.05, 0) is 25.8 Å². The molecule has 1 atom stereocenters. The maximum absolute atomic E-state index is 4.53. The highest BCUT2D eigenvalue weighted by atomic mass is 15.3. The van der Waals surface area contributed by atoms with Crippen LogP contribution in [-0.4, -0.2) is 75.2 Å². The van der Waals surface area contributed by atoms with Crippen LogP contribution in [0.2, 0.25) is 0 Å². The fourth-order valence-electron chi connectivity index (χ4n) is 3.73. The Kier molecular flexibility index (Phi) is 4.60. The van der Waals surface area contributed by atoms with E-state index in [-0.39, 0.29) is 0 Å². The monoisotopic (exact) mass is 343 g/mol. The van der Waals surface area contributed by atoms with Crippen molar-refractivity contribution in [1.29, 1.82) is 0 Å². The first-order valence-electron chi connectivity index (χ1n) is 9.49. The van der Waals surface area contributed by atoms with E-state index in [0.29, 0.717) is 17.9 Å². The second-order valence-corrected chi connectivity index (χ2v) is 7.83. The maximum Gasteiger partial charge on any atom is 0.203 e. The largest absolute Gasteiger partial charge is 0.365 e. The topological polar surface area (TPSA) is 61.6 Å². The third-order valence-electron chi connectivity index (χ3n) is 5.55. The standard InChI is InChI=1S/C18H29N7/c1-13(2)15(24-10-8-23(3)9-11-24)12-20-16-18-22-21-17(14-4-5-14)25(18)7-6-19-16/h6-7,13-15H,4-5,8-12H2,1-3H3,(H,19,20). The molecule has 7 nitrogen and oxygen atoms in total. The molecule has 0 spiro atoms. The zero-order valence-electron chi connectivity index (χ0n) is 15.5. The summed E-state index contributed by atoms with van der Waals surface area (Å²) >= 11 is 0. The number of likely N-dealkylation sites (N-methyl/N-ethyl adjacent to an activating group) is 1. The number of nitrogens with one attached hydrogen (secondary N) is 1. The van der Waals surface area contributed by atoms with Crippen LogP contribution in [0.3, 0.4) is 0 Å². The predicted molar refractivity (Wildman–Crippen MR) is 98.9 cm³/mol. The summed E-state index contributed by atoms with van der Waals surface area (Å²) in [4.78, 5) is 9.54. The quantitative estimate of drug-likeness (QED) is 0.861. The SMILES string of the molecule is CC(C)C(CNc1nccn2c(C3CC3)nnc12)N1CCN(C)CC1. The lowest BCUT2D eigenvalue weighted by Crippen LogP contribution is -2.52. The lowest BCUT2D eigenvalue weighted by Gasteiger charge is -2.40. The molecule has 3 heterocycles. The summed E-state index contributed by atoms with van der Waals surface area (Å²) in [6.07, 6.45) is 6.29. The number of hydrogen-bond donors (Lipinski definition) is 1. The third kappa shape index (κ3) is 3.48. The maximum atomic E-state index is 4.53. The van der Waals surface area contributed by atoms with E-state index < -0.39 is 0 Å². The summed E-state index contributed by atoms with van der Waals surface area (Å²) < 4.78 is 2.10. The van der Waals surface area contributed by atoms with Gasteiger partial charge in [-0.3, -0.25) is 9.30 Å². The van der Waals surface area contributed by atoms with E-state index in [1.165, 1.54) is 12.8 Å². The molecule has 2 fully saturated rings. The Morgan fingerprint density at radius 3 is 2.60 bits per heavy atom. The molecule has 136 valence electrons. The van der Waals surface area contributed by atoms with Crippen LogP contribution in [0.5, 0.6) is 0 Å². The molecular formula is C18H29N7. The summed E-state index contributed by atoms with van der Waals surface area (Å²) in [6, 6.07) is 0.501. The van der Waals surface area contributed by atoms with E-state index in [1.54, 1.807) is 0 Å². The Balaban J connectivity index is 1.48. The molecule has 2 aromatic heterocycles. The van der Waals surface area contributed by atoms with E-state index in [0.717, 1.165) is 50.0 Å². The van der Waals surface area contributed by atoms with Gasteiger partial charge in [0.25, 0.3) is 0 Å². The first-order chi connectivity index (χ1) is 12.1. The first kappa shape index (κ1) is 16.7. The predicted octanol–water partition coefficient (Wildman–Crippen LogP) is 1.69. The summed E-state index contributed by atoms with van der Waals surface area (Å²) in [5.41, 5.74) is 0.852. The first-order valence-corrected chi connectivity index (χ1v) is 9.49. The van der Waals surface area contributed by atoms with Crippen molar-refractivity contribution < 1.29 is 0 Å². The van der Waals surface area contributed by atoms with Crippen LogP contribution >= 0.6 is 0 Å². The molecule has 2 aliphatic rings. The van der Waals surface area contributed by atoms with Crippen LogP contribution < -0.4 is 5.32 Å². The van der Waals surface area contributed by atoms with Crippen molar-refractivity contribution in [2.75, 3.05) is 45.1 Å². The van der Waals surface area contributed by atoms with Gasteiger partial charge in [0.05, 0.1) is 0 Å². The molecule has 1 aliphatic carbocycles. The number of aromatic nitrogens is 4. The second-order valence-electron chi connectivity index (χ2n) is 7.83. The number of rotatable bonds is 6. The Hall–Kier alpha value is -1.73. The normalized spacial score (nSPS) is 21.1. The minimum Gasteiger partial charge on any atom is -0.365 e. The minimum atomic E-state index is 0.501. The summed E-state index contributed by atoms with van der Waals surface area (Å²) in [5.74, 6) is 3.11. The lowest BCUT2D eigenvalue weighted by atomic mass is 10.0. The van der Waals surface area contributed by atoms with Crippen LogP contribution in [-0.2, 0) is 0 Å². The number of anilines is 1. The fourth-order valence-corrected chi connectivity index (χ4v) is 3.73. The van der Waals surface area contributed by atoms with Gasteiger partial charge in [-0.25, -0.2) is 4.98 Å². The van der Waals surface area contributed by atoms with Gasteiger partial charge in [-0.15, -0.1) is 10.2 Å². The van der Waals surface area contributed by atoms with Gasteiger partial charge >= 0.3 is 0 Å². The Morgan fingerprint density at radius 2 is 1.92 bits per heavy atom. The Morgan fingerprint density at radius 1 is 1.16 bits per heavy atom. The molecule has 1 N–H and O–H groups in total. The Bertz CT molecular complexity index is 713. The molecule has 1 saturated carbocycles. The van der Waals surface area contributed by atoms with E-state index in [4.69, 9.17) is 0 Å². The highest BCUT2D eigenvalue weighted by Gasteiger charge is 2.29. The average molecular weight is 343 g/mol. The van der Waals surface area contributed by atoms with Crippen LogP contribution in [0, 0.1) is 5.92 Å². The van der Waals surface area contributed by atoms with Crippen molar-refractivity contribution in [2.45, 2.75) is 38.6 Å². The number of nitrogens with zero attached hydrogens (tertiary/aromatic N) is 6. The van der Waals surface area contributed by atoms with E-state index in [9.17, 15) is 0 Å². The van der Waals surface area contributed by atoms with Crippen LogP contribution in [0.15, 0.2) is 12.4 Å². The van der Waals surface area contributed by atoms with Gasteiger partial charge in [0.1, 0.15) is 5.82 Å². The van der Waals surface area contributed by atoms with Crippen molar-refractivity contribution in [2.24, 2.45) is 5.92 Å². The van der Waals surface area contributed by atoms with Crippen molar-refractivity contribution in [3.63, 3.8) is 0 Å². The molecule has 7 heteroatoms. The highest BCUT2D eigenvalue weighted by molar-refractivity contribution is 5.62. The van der Waals surface area contributed by atoms with Gasteiger partial charge in [0.2, 0.25) is 5.65 Å². The van der Waals surface area contributed by atoms with Gasteiger partial charge in [0.15, 0.2) is 5.82 Å². The molecular weight excluding hydrogens is 314 g/mol. The molecule has 0 aromatic carbocycles. The zero-order valence-corrected chi connectivity index (χ0v) is 15.5. The van der Waals surface area contributed by atoms with Crippen molar-refractivity contribution in [3.8, 4) is 0 Å². The molecule has 2 aromatic rings. The van der Waals surface area contributed by atoms with E-state index in [2.05, 4.69) is 55.6 Å². The minimum absolute atomic E-state index is 0.501. The third-order valence-corrected chi connectivity index (χ3v) is 5.55. The molecule has 25 heavy (non-hydrogen) atoms. The fraction of sp³-hybridized carbons (Fsp3) is 0.722. The van der Waals surface area contributed by atoms with Crippen LogP contribution in [0.1, 0.15) is 38.4 Å². The lowest BCUT2D eigenvalue weighted by molar-refractivity contribution is 0.0944. The molecule has 1 unspecified atom stereocenters. The van der Waals surface area contributed by atoms with Crippen LogP contribution in [0.25, 0.3) is 5.65 Å². The Labute approximate surface area is 149 Å². The smallest absolute Gasteiger partial charge is 0.203 e. The molecule has 4 rings (SSSR count). The van der Waals surface area contributed by atoms with Gasteiger partial charge in [-0.1, -0.05) is 13.8 Å². The molecule has 1 aliphatic heterocycles. The van der Waals surface area contributed by atoms with Crippen molar-refractivity contribution in [3.05, 3.63) is 18.2 Å². The summed E-state index contributed by atoms with van der Waals surface area (Å²) in [5, 5.41) is 12.3. The summed E-state index contributed by atoms with van der Waals surface area (Å²) in [6.45, 7) is 10.1. The molecule has 0 bridgehead atoms. The number of fused-ring (bicyclic) bond motifs is 1.